The molecule has 0 aliphatic carbocycles. The Morgan fingerprint density at radius 3 is 2.36 bits per heavy atom. The van der Waals surface area contributed by atoms with Crippen LogP contribution in [-0.4, -0.2) is 34.8 Å². The summed E-state index contributed by atoms with van der Waals surface area (Å²) in [5.74, 6) is 0.623. The highest BCUT2D eigenvalue weighted by molar-refractivity contribution is 7.91. The molecule has 0 aliphatic heterocycles. The second-order valence-electron chi connectivity index (χ2n) is 7.54. The third kappa shape index (κ3) is 3.81. The van der Waals surface area contributed by atoms with Crippen LogP contribution in [0.3, 0.4) is 0 Å². The Morgan fingerprint density at radius 2 is 1.67 bits per heavy atom. The van der Waals surface area contributed by atoms with Crippen LogP contribution in [0.5, 0.6) is 0 Å². The lowest BCUT2D eigenvalue weighted by molar-refractivity contribution is 0.592. The second-order valence-corrected chi connectivity index (χ2v) is 9.84. The molecule has 33 heavy (non-hydrogen) atoms. The molecule has 0 amide bonds. The van der Waals surface area contributed by atoms with Crippen LogP contribution < -0.4 is 4.90 Å². The molecule has 0 radical (unpaired) electrons. The number of halogens is 1. The second kappa shape index (κ2) is 8.46. The fourth-order valence-corrected chi connectivity index (χ4v) is 5.25. The Hall–Kier alpha value is -3.49. The fraction of sp³-hybridized carbons (Fsp3) is 0.125. The molecule has 9 heteroatoms. The van der Waals surface area contributed by atoms with Crippen molar-refractivity contribution in [3.05, 3.63) is 89.4 Å². The first-order valence-corrected chi connectivity index (χ1v) is 12.3. The number of hydrogen-bond donors (Lipinski definition) is 0. The first-order valence-electron chi connectivity index (χ1n) is 10.4. The van der Waals surface area contributed by atoms with E-state index in [-0.39, 0.29) is 15.6 Å². The van der Waals surface area contributed by atoms with E-state index >= 15 is 0 Å². The molecule has 0 N–H and O–H groups in total. The van der Waals surface area contributed by atoms with Gasteiger partial charge in [0.05, 0.1) is 10.4 Å². The van der Waals surface area contributed by atoms with Crippen LogP contribution in [0.1, 0.15) is 12.5 Å². The zero-order valence-corrected chi connectivity index (χ0v) is 19.3. The van der Waals surface area contributed by atoms with Gasteiger partial charge >= 0.3 is 0 Å². The van der Waals surface area contributed by atoms with Crippen molar-refractivity contribution in [1.29, 1.82) is 0 Å². The Labute approximate surface area is 196 Å². The van der Waals surface area contributed by atoms with Gasteiger partial charge in [-0.1, -0.05) is 65.3 Å². The summed E-state index contributed by atoms with van der Waals surface area (Å²) in [6.45, 7) is 3.29. The van der Waals surface area contributed by atoms with Crippen molar-refractivity contribution in [3.63, 3.8) is 0 Å². The van der Waals surface area contributed by atoms with Crippen LogP contribution in [0.2, 0.25) is 5.02 Å². The minimum atomic E-state index is -3.91. The maximum absolute atomic E-state index is 13.4. The Balaban J connectivity index is 1.76. The summed E-state index contributed by atoms with van der Waals surface area (Å²) in [7, 11) is -3.91. The molecule has 2 heterocycles. The highest BCUT2D eigenvalue weighted by Crippen LogP contribution is 2.32. The number of hydrogen-bond acceptors (Lipinski definition) is 6. The normalized spacial score (nSPS) is 11.8. The average Bonchev–Trinajstić information content (AvgIpc) is 3.28. The highest BCUT2D eigenvalue weighted by Gasteiger charge is 2.27. The van der Waals surface area contributed by atoms with E-state index in [1.807, 2.05) is 43.3 Å². The number of nitrogens with zero attached hydrogens (tertiary/aromatic N) is 5. The molecule has 3 aromatic carbocycles. The Kier molecular flexibility index (Phi) is 5.47. The Morgan fingerprint density at radius 1 is 0.970 bits per heavy atom. The van der Waals surface area contributed by atoms with Gasteiger partial charge in [0, 0.05) is 23.5 Å². The zero-order valence-electron chi connectivity index (χ0n) is 17.8. The quantitative estimate of drug-likeness (QED) is 0.350. The molecular formula is C24H20ClN5O2S. The number of anilines is 1. The van der Waals surface area contributed by atoms with E-state index in [1.165, 1.54) is 16.6 Å². The molecule has 5 aromatic rings. The van der Waals surface area contributed by atoms with Gasteiger partial charge in [-0.05, 0) is 42.8 Å². The van der Waals surface area contributed by atoms with Crippen LogP contribution in [0.15, 0.2) is 88.8 Å². The predicted octanol–water partition coefficient (Wildman–Crippen LogP) is 4.79. The number of aromatic nitrogens is 4. The summed E-state index contributed by atoms with van der Waals surface area (Å²) in [5.41, 5.74) is 1.96. The smallest absolute Gasteiger partial charge is 0.229 e. The van der Waals surface area contributed by atoms with Gasteiger partial charge in [-0.15, -0.1) is 5.10 Å². The summed E-state index contributed by atoms with van der Waals surface area (Å²) in [5, 5.41) is 9.32. The average molecular weight is 478 g/mol. The van der Waals surface area contributed by atoms with Crippen molar-refractivity contribution in [2.75, 3.05) is 11.4 Å². The van der Waals surface area contributed by atoms with Crippen LogP contribution in [0.25, 0.3) is 16.6 Å². The lowest BCUT2D eigenvalue weighted by Crippen LogP contribution is -2.24. The lowest BCUT2D eigenvalue weighted by Gasteiger charge is -2.24. The SMILES string of the molecule is CCN(Cc1ccccc1)c1nc2c(S(=O)(=O)c3ccccc3)nnn2c2ccc(Cl)cc12. The largest absolute Gasteiger partial charge is 0.352 e. The van der Waals surface area contributed by atoms with E-state index in [1.54, 1.807) is 30.3 Å². The maximum atomic E-state index is 13.4. The first kappa shape index (κ1) is 21.4. The lowest BCUT2D eigenvalue weighted by atomic mass is 10.2. The number of sulfone groups is 1. The molecular weight excluding hydrogens is 458 g/mol. The van der Waals surface area contributed by atoms with Gasteiger partial charge < -0.3 is 4.90 Å². The van der Waals surface area contributed by atoms with E-state index < -0.39 is 9.84 Å². The molecule has 0 atom stereocenters. The van der Waals surface area contributed by atoms with Crippen molar-refractivity contribution in [2.45, 2.75) is 23.4 Å². The first-order chi connectivity index (χ1) is 16.0. The molecule has 2 aromatic heterocycles. The monoisotopic (exact) mass is 477 g/mol. The van der Waals surface area contributed by atoms with Gasteiger partial charge in [-0.3, -0.25) is 0 Å². The molecule has 166 valence electrons. The molecule has 0 saturated carbocycles. The summed E-state index contributed by atoms with van der Waals surface area (Å²) < 4.78 is 28.2. The van der Waals surface area contributed by atoms with Crippen molar-refractivity contribution < 1.29 is 8.42 Å². The van der Waals surface area contributed by atoms with Gasteiger partial charge in [0.25, 0.3) is 0 Å². The molecule has 5 rings (SSSR count). The van der Waals surface area contributed by atoms with E-state index in [2.05, 4.69) is 15.2 Å². The van der Waals surface area contributed by atoms with Gasteiger partial charge in [-0.25, -0.2) is 13.4 Å². The Bertz CT molecular complexity index is 1550. The summed E-state index contributed by atoms with van der Waals surface area (Å²) in [6.07, 6.45) is 0. The van der Waals surface area contributed by atoms with E-state index in [0.717, 1.165) is 10.9 Å². The number of fused-ring (bicyclic) bond motifs is 3. The molecule has 7 nitrogen and oxygen atoms in total. The van der Waals surface area contributed by atoms with E-state index in [4.69, 9.17) is 16.6 Å². The minimum absolute atomic E-state index is 0.142. The van der Waals surface area contributed by atoms with E-state index in [9.17, 15) is 8.42 Å². The summed E-state index contributed by atoms with van der Waals surface area (Å²) in [6, 6.07) is 23.6. The maximum Gasteiger partial charge on any atom is 0.229 e. The van der Waals surface area contributed by atoms with Crippen molar-refractivity contribution >= 4 is 43.8 Å². The van der Waals surface area contributed by atoms with E-state index in [0.29, 0.717) is 29.4 Å². The van der Waals surface area contributed by atoms with Gasteiger partial charge in [0.2, 0.25) is 14.9 Å². The fourth-order valence-electron chi connectivity index (χ4n) is 3.82. The van der Waals surface area contributed by atoms with Crippen molar-refractivity contribution in [2.24, 2.45) is 0 Å². The molecule has 0 spiro atoms. The summed E-state index contributed by atoms with van der Waals surface area (Å²) >= 11 is 6.32. The number of benzene rings is 3. The van der Waals surface area contributed by atoms with Crippen molar-refractivity contribution in [3.8, 4) is 0 Å². The zero-order chi connectivity index (χ0) is 23.0. The molecule has 0 unspecified atom stereocenters. The standard InChI is InChI=1S/C24H20ClN5O2S/c1-2-29(16-17-9-5-3-6-10-17)22-20-15-18(25)13-14-21(20)30-23(26-22)24(27-28-30)33(31,32)19-11-7-4-8-12-19/h3-15H,2,16H2,1H3. The van der Waals surface area contributed by atoms with Crippen LogP contribution in [-0.2, 0) is 16.4 Å². The molecule has 0 aliphatic rings. The van der Waals surface area contributed by atoms with Gasteiger partial charge in [0.15, 0.2) is 5.65 Å². The van der Waals surface area contributed by atoms with Crippen LogP contribution in [0.4, 0.5) is 5.82 Å². The molecule has 0 fully saturated rings. The molecule has 0 bridgehead atoms. The summed E-state index contributed by atoms with van der Waals surface area (Å²) in [4.78, 5) is 7.02. The molecule has 0 saturated heterocycles. The topological polar surface area (TPSA) is 80.5 Å². The minimum Gasteiger partial charge on any atom is -0.352 e. The van der Waals surface area contributed by atoms with Gasteiger partial charge in [-0.2, -0.15) is 4.52 Å². The van der Waals surface area contributed by atoms with Crippen LogP contribution >= 0.6 is 11.6 Å². The third-order valence-corrected chi connectivity index (χ3v) is 7.36. The number of rotatable bonds is 6. The highest BCUT2D eigenvalue weighted by atomic mass is 35.5. The van der Waals surface area contributed by atoms with Gasteiger partial charge in [0.1, 0.15) is 5.82 Å². The predicted molar refractivity (Wildman–Crippen MR) is 128 cm³/mol. The third-order valence-electron chi connectivity index (χ3n) is 5.46. The van der Waals surface area contributed by atoms with Crippen molar-refractivity contribution in [1.82, 2.24) is 19.8 Å². The van der Waals surface area contributed by atoms with Crippen LogP contribution in [0, 0.1) is 0 Å².